The van der Waals surface area contributed by atoms with Crippen molar-refractivity contribution >= 4 is 5.91 Å². The van der Waals surface area contributed by atoms with Crippen molar-refractivity contribution in [3.63, 3.8) is 0 Å². The van der Waals surface area contributed by atoms with Gasteiger partial charge >= 0.3 is 0 Å². The Morgan fingerprint density at radius 2 is 2.11 bits per heavy atom. The van der Waals surface area contributed by atoms with Crippen LogP contribution in [0.4, 0.5) is 0 Å². The molecule has 1 aromatic carbocycles. The van der Waals surface area contributed by atoms with E-state index in [0.29, 0.717) is 22.6 Å². The highest BCUT2D eigenvalue weighted by Gasteiger charge is 2.13. The van der Waals surface area contributed by atoms with E-state index in [2.05, 4.69) is 10.3 Å². The minimum absolute atomic E-state index is 0.210. The number of aliphatic hydroxyl groups excluding tert-OH is 1. The van der Waals surface area contributed by atoms with Crippen LogP contribution in [0.25, 0.3) is 5.69 Å². The van der Waals surface area contributed by atoms with Gasteiger partial charge in [0.2, 0.25) is 5.91 Å². The van der Waals surface area contributed by atoms with Crippen molar-refractivity contribution < 1.29 is 14.6 Å². The highest BCUT2D eigenvalue weighted by Crippen LogP contribution is 2.15. The number of benzene rings is 1. The number of aromatic nitrogens is 3. The van der Waals surface area contributed by atoms with Gasteiger partial charge in [0.25, 0.3) is 0 Å². The summed E-state index contributed by atoms with van der Waals surface area (Å²) in [4.78, 5) is 11.0. The maximum atomic E-state index is 11.0. The molecule has 0 spiro atoms. The summed E-state index contributed by atoms with van der Waals surface area (Å²) in [6, 6.07) is 6.62. The number of hydrogen-bond donors (Lipinski definition) is 2. The molecule has 0 radical (unpaired) electrons. The van der Waals surface area contributed by atoms with Gasteiger partial charge < -0.3 is 15.6 Å². The lowest BCUT2D eigenvalue weighted by atomic mass is 10.2. The highest BCUT2D eigenvalue weighted by atomic mass is 16.5. The Labute approximate surface area is 109 Å². The quantitative estimate of drug-likeness (QED) is 0.789. The summed E-state index contributed by atoms with van der Waals surface area (Å²) in [6.45, 7) is 0.0680. The second kappa shape index (κ2) is 5.59. The molecule has 0 saturated carbocycles. The number of hydrogen-bond acceptors (Lipinski definition) is 5. The van der Waals surface area contributed by atoms with E-state index in [0.717, 1.165) is 0 Å². The van der Waals surface area contributed by atoms with Crippen molar-refractivity contribution in [2.24, 2.45) is 5.73 Å². The number of ether oxygens (including phenoxy) is 1. The van der Waals surface area contributed by atoms with Gasteiger partial charge in [-0.3, -0.25) is 4.79 Å². The number of nitrogens with zero attached hydrogens (tertiary/aromatic N) is 3. The highest BCUT2D eigenvalue weighted by molar-refractivity contribution is 5.92. The summed E-state index contributed by atoms with van der Waals surface area (Å²) in [5.41, 5.74) is 7.43. The van der Waals surface area contributed by atoms with E-state index in [9.17, 15) is 9.90 Å². The lowest BCUT2D eigenvalue weighted by Gasteiger charge is -2.07. The fourth-order valence-corrected chi connectivity index (χ4v) is 1.71. The lowest BCUT2D eigenvalue weighted by Crippen LogP contribution is -2.11. The predicted octanol–water partition coefficient (Wildman–Crippen LogP) is 0.00490. The first kappa shape index (κ1) is 13.2. The zero-order valence-electron chi connectivity index (χ0n) is 10.4. The molecule has 0 aliphatic heterocycles. The van der Waals surface area contributed by atoms with Gasteiger partial charge in [0.1, 0.15) is 5.69 Å². The number of amides is 1. The van der Waals surface area contributed by atoms with Crippen molar-refractivity contribution in [3.8, 4) is 5.69 Å². The summed E-state index contributed by atoms with van der Waals surface area (Å²) in [6.07, 6.45) is 0. The molecule has 1 heterocycles. The fraction of sp³-hybridized carbons (Fsp3) is 0.250. The van der Waals surface area contributed by atoms with E-state index in [4.69, 9.17) is 10.5 Å². The normalized spacial score (nSPS) is 10.6. The molecule has 0 fully saturated rings. The minimum atomic E-state index is -0.488. The molecular formula is C12H14N4O3. The van der Waals surface area contributed by atoms with Gasteiger partial charge in [-0.05, 0) is 24.3 Å². The van der Waals surface area contributed by atoms with Gasteiger partial charge in [-0.25, -0.2) is 4.68 Å². The molecule has 100 valence electrons. The first-order valence-corrected chi connectivity index (χ1v) is 5.61. The van der Waals surface area contributed by atoms with Crippen LogP contribution in [0.1, 0.15) is 21.7 Å². The Balaban J connectivity index is 2.40. The molecule has 19 heavy (non-hydrogen) atoms. The third-order valence-corrected chi connectivity index (χ3v) is 2.67. The number of carbonyl (C=O) groups is 1. The monoisotopic (exact) mass is 262 g/mol. The molecule has 2 aromatic rings. The first-order valence-electron chi connectivity index (χ1n) is 5.61. The molecule has 0 saturated heterocycles. The minimum Gasteiger partial charge on any atom is -0.390 e. The zero-order chi connectivity index (χ0) is 13.8. The van der Waals surface area contributed by atoms with Gasteiger partial charge in [-0.1, -0.05) is 5.21 Å². The number of carbonyl (C=O) groups excluding carboxylic acids is 1. The molecule has 1 aromatic heterocycles. The lowest BCUT2D eigenvalue weighted by molar-refractivity contribution is 0.100. The van der Waals surface area contributed by atoms with Crippen LogP contribution >= 0.6 is 0 Å². The van der Waals surface area contributed by atoms with Crippen LogP contribution in [-0.2, 0) is 18.0 Å². The number of aliphatic hydroxyl groups is 1. The zero-order valence-corrected chi connectivity index (χ0v) is 10.4. The fourth-order valence-electron chi connectivity index (χ4n) is 1.71. The molecule has 0 unspecified atom stereocenters. The Bertz CT molecular complexity index is 577. The summed E-state index contributed by atoms with van der Waals surface area (Å²) in [7, 11) is 1.55. The topological polar surface area (TPSA) is 103 Å². The largest absolute Gasteiger partial charge is 0.390 e. The van der Waals surface area contributed by atoms with Gasteiger partial charge in [-0.15, -0.1) is 5.10 Å². The molecule has 2 rings (SSSR count). The van der Waals surface area contributed by atoms with Crippen LogP contribution < -0.4 is 5.73 Å². The molecule has 7 heteroatoms. The molecule has 0 atom stereocenters. The Kier molecular flexibility index (Phi) is 3.88. The van der Waals surface area contributed by atoms with Crippen molar-refractivity contribution in [1.29, 1.82) is 0 Å². The SMILES string of the molecule is COCc1c(CO)nnn1-c1ccc(C(N)=O)cc1. The van der Waals surface area contributed by atoms with E-state index in [1.807, 2.05) is 0 Å². The van der Waals surface area contributed by atoms with Crippen LogP contribution in [0.2, 0.25) is 0 Å². The van der Waals surface area contributed by atoms with Crippen molar-refractivity contribution in [1.82, 2.24) is 15.0 Å². The molecule has 3 N–H and O–H groups in total. The van der Waals surface area contributed by atoms with E-state index in [-0.39, 0.29) is 13.2 Å². The number of methoxy groups -OCH3 is 1. The van der Waals surface area contributed by atoms with Crippen LogP contribution in [0.5, 0.6) is 0 Å². The van der Waals surface area contributed by atoms with Crippen LogP contribution in [0.15, 0.2) is 24.3 Å². The average molecular weight is 262 g/mol. The van der Waals surface area contributed by atoms with Crippen LogP contribution in [-0.4, -0.2) is 33.1 Å². The summed E-state index contributed by atoms with van der Waals surface area (Å²) in [5, 5.41) is 17.0. The first-order chi connectivity index (χ1) is 9.17. The van der Waals surface area contributed by atoms with Gasteiger partial charge in [0.15, 0.2) is 0 Å². The summed E-state index contributed by atoms with van der Waals surface area (Å²) >= 11 is 0. The smallest absolute Gasteiger partial charge is 0.248 e. The van der Waals surface area contributed by atoms with Crippen molar-refractivity contribution in [2.75, 3.05) is 7.11 Å². The van der Waals surface area contributed by atoms with Crippen molar-refractivity contribution in [2.45, 2.75) is 13.2 Å². The number of primary amides is 1. The Morgan fingerprint density at radius 1 is 1.42 bits per heavy atom. The second-order valence-corrected chi connectivity index (χ2v) is 3.90. The van der Waals surface area contributed by atoms with Gasteiger partial charge in [0.05, 0.1) is 24.6 Å². The van der Waals surface area contributed by atoms with E-state index >= 15 is 0 Å². The summed E-state index contributed by atoms with van der Waals surface area (Å²) < 4.78 is 6.62. The van der Waals surface area contributed by atoms with Crippen LogP contribution in [0, 0.1) is 0 Å². The predicted molar refractivity (Wildman–Crippen MR) is 66.5 cm³/mol. The molecule has 0 aliphatic rings. The molecular weight excluding hydrogens is 248 g/mol. The number of rotatable bonds is 5. The maximum absolute atomic E-state index is 11.0. The second-order valence-electron chi connectivity index (χ2n) is 3.90. The molecule has 0 aliphatic carbocycles. The van der Waals surface area contributed by atoms with E-state index in [1.165, 1.54) is 0 Å². The molecule has 7 nitrogen and oxygen atoms in total. The average Bonchev–Trinajstić information content (AvgIpc) is 2.82. The Hall–Kier alpha value is -2.25. The third-order valence-electron chi connectivity index (χ3n) is 2.67. The van der Waals surface area contributed by atoms with Crippen molar-refractivity contribution in [3.05, 3.63) is 41.2 Å². The standard InChI is InChI=1S/C12H14N4O3/c1-19-7-11-10(6-17)14-15-16(11)9-4-2-8(3-5-9)12(13)18/h2-5,17H,6-7H2,1H3,(H2,13,18). The van der Waals surface area contributed by atoms with Gasteiger partial charge in [0, 0.05) is 12.7 Å². The summed E-state index contributed by atoms with van der Waals surface area (Å²) in [5.74, 6) is -0.488. The van der Waals surface area contributed by atoms with Crippen LogP contribution in [0.3, 0.4) is 0 Å². The molecule has 1 amide bonds. The number of nitrogens with two attached hydrogens (primary N) is 1. The van der Waals surface area contributed by atoms with E-state index in [1.54, 1.807) is 36.1 Å². The molecule has 0 bridgehead atoms. The Morgan fingerprint density at radius 3 is 2.63 bits per heavy atom. The third kappa shape index (κ3) is 2.61. The maximum Gasteiger partial charge on any atom is 0.248 e. The van der Waals surface area contributed by atoms with Gasteiger partial charge in [-0.2, -0.15) is 0 Å². The van der Waals surface area contributed by atoms with E-state index < -0.39 is 5.91 Å².